The van der Waals surface area contributed by atoms with Crippen molar-refractivity contribution in [3.05, 3.63) is 47.2 Å². The summed E-state index contributed by atoms with van der Waals surface area (Å²) < 4.78 is 0. The molecule has 3 rings (SSSR count). The van der Waals surface area contributed by atoms with Gasteiger partial charge in [-0.15, -0.1) is 0 Å². The Hall–Kier alpha value is -1.28. The number of rotatable bonds is 0. The van der Waals surface area contributed by atoms with E-state index in [1.807, 2.05) is 6.92 Å². The summed E-state index contributed by atoms with van der Waals surface area (Å²) in [6.07, 6.45) is 3.29. The maximum Gasteiger partial charge on any atom is 0.147 e. The van der Waals surface area contributed by atoms with Crippen molar-refractivity contribution in [2.24, 2.45) is 5.41 Å². The summed E-state index contributed by atoms with van der Waals surface area (Å²) in [6, 6.07) is 8.58. The molecular formula is C14H17NO. The minimum absolute atomic E-state index is 0.0987. The third-order valence-corrected chi connectivity index (χ3v) is 3.85. The highest BCUT2D eigenvalue weighted by Gasteiger charge is 2.54. The van der Waals surface area contributed by atoms with Gasteiger partial charge in [-0.1, -0.05) is 38.1 Å². The zero-order valence-electron chi connectivity index (χ0n) is 10.0. The second-order valence-electron chi connectivity index (χ2n) is 5.48. The summed E-state index contributed by atoms with van der Waals surface area (Å²) in [5.74, 6) is 0. The van der Waals surface area contributed by atoms with Gasteiger partial charge in [0.15, 0.2) is 0 Å². The lowest BCUT2D eigenvalue weighted by molar-refractivity contribution is -0.105. The second kappa shape index (κ2) is 2.89. The van der Waals surface area contributed by atoms with E-state index in [1.165, 1.54) is 11.1 Å². The van der Waals surface area contributed by atoms with E-state index in [1.54, 1.807) is 0 Å². The molecule has 1 aliphatic carbocycles. The number of nitrogens with one attached hydrogen (secondary N) is 1. The van der Waals surface area contributed by atoms with E-state index in [0.29, 0.717) is 0 Å². The lowest BCUT2D eigenvalue weighted by Gasteiger charge is -2.35. The van der Waals surface area contributed by atoms with Gasteiger partial charge >= 0.3 is 0 Å². The van der Waals surface area contributed by atoms with E-state index < -0.39 is 0 Å². The maximum atomic E-state index is 5.91. The molecule has 1 atom stereocenters. The number of hydrogen-bond acceptors (Lipinski definition) is 2. The van der Waals surface area contributed by atoms with Gasteiger partial charge in [0.25, 0.3) is 0 Å². The van der Waals surface area contributed by atoms with Crippen LogP contribution < -0.4 is 5.48 Å². The molecule has 2 heteroatoms. The smallest absolute Gasteiger partial charge is 0.147 e. The van der Waals surface area contributed by atoms with Crippen LogP contribution in [0.25, 0.3) is 0 Å². The van der Waals surface area contributed by atoms with Crippen molar-refractivity contribution in [1.29, 1.82) is 0 Å². The molecule has 0 saturated heterocycles. The minimum Gasteiger partial charge on any atom is -0.270 e. The average molecular weight is 215 g/mol. The van der Waals surface area contributed by atoms with Crippen LogP contribution in [-0.4, -0.2) is 0 Å². The Bertz CT molecular complexity index is 475. The fourth-order valence-electron chi connectivity index (χ4n) is 3.00. The van der Waals surface area contributed by atoms with Crippen molar-refractivity contribution in [3.8, 4) is 0 Å². The summed E-state index contributed by atoms with van der Waals surface area (Å²) in [7, 11) is 0. The first-order chi connectivity index (χ1) is 7.55. The quantitative estimate of drug-likeness (QED) is 0.718. The summed E-state index contributed by atoms with van der Waals surface area (Å²) in [5.41, 5.74) is 6.64. The van der Waals surface area contributed by atoms with Crippen LogP contribution in [0.3, 0.4) is 0 Å². The first-order valence-electron chi connectivity index (χ1n) is 5.77. The molecule has 0 radical (unpaired) electrons. The topological polar surface area (TPSA) is 21.3 Å². The van der Waals surface area contributed by atoms with Gasteiger partial charge in [-0.2, -0.15) is 0 Å². The molecule has 2 aliphatic rings. The van der Waals surface area contributed by atoms with Crippen LogP contribution in [0.4, 0.5) is 0 Å². The van der Waals surface area contributed by atoms with Crippen molar-refractivity contribution in [1.82, 2.24) is 5.48 Å². The molecule has 1 aliphatic heterocycles. The molecule has 0 amide bonds. The van der Waals surface area contributed by atoms with Gasteiger partial charge in [-0.25, -0.2) is 0 Å². The van der Waals surface area contributed by atoms with Crippen molar-refractivity contribution >= 4 is 0 Å². The molecule has 1 aromatic rings. The van der Waals surface area contributed by atoms with E-state index >= 15 is 0 Å². The third-order valence-electron chi connectivity index (χ3n) is 3.85. The first-order valence-corrected chi connectivity index (χ1v) is 5.77. The van der Waals surface area contributed by atoms with Crippen LogP contribution in [0.2, 0.25) is 0 Å². The van der Waals surface area contributed by atoms with Gasteiger partial charge in [0, 0.05) is 11.1 Å². The Morgan fingerprint density at radius 1 is 1.25 bits per heavy atom. The first kappa shape index (κ1) is 9.91. The summed E-state index contributed by atoms with van der Waals surface area (Å²) >= 11 is 0. The lowest BCUT2D eigenvalue weighted by atomic mass is 9.75. The van der Waals surface area contributed by atoms with Crippen molar-refractivity contribution in [2.75, 3.05) is 0 Å². The zero-order valence-corrected chi connectivity index (χ0v) is 10.0. The monoisotopic (exact) mass is 215 g/mol. The molecule has 0 bridgehead atoms. The van der Waals surface area contributed by atoms with Crippen molar-refractivity contribution < 1.29 is 4.84 Å². The van der Waals surface area contributed by atoms with Gasteiger partial charge < -0.3 is 0 Å². The van der Waals surface area contributed by atoms with Crippen molar-refractivity contribution in [2.45, 2.75) is 32.8 Å². The largest absolute Gasteiger partial charge is 0.270 e. The van der Waals surface area contributed by atoms with E-state index in [0.717, 1.165) is 12.1 Å². The summed E-state index contributed by atoms with van der Waals surface area (Å²) in [6.45, 7) is 6.58. The van der Waals surface area contributed by atoms with E-state index in [-0.39, 0.29) is 11.0 Å². The van der Waals surface area contributed by atoms with Gasteiger partial charge in [0.05, 0.1) is 0 Å². The summed E-state index contributed by atoms with van der Waals surface area (Å²) in [5, 5.41) is 0. The molecule has 1 spiro atoms. The second-order valence-corrected chi connectivity index (χ2v) is 5.48. The van der Waals surface area contributed by atoms with Gasteiger partial charge in [0.2, 0.25) is 0 Å². The van der Waals surface area contributed by atoms with E-state index in [9.17, 15) is 0 Å². The number of hydroxylamine groups is 1. The highest BCUT2D eigenvalue weighted by atomic mass is 16.7. The Morgan fingerprint density at radius 2 is 2.00 bits per heavy atom. The molecule has 84 valence electrons. The Morgan fingerprint density at radius 3 is 2.69 bits per heavy atom. The number of allylic oxidation sites excluding steroid dienone is 1. The summed E-state index contributed by atoms with van der Waals surface area (Å²) in [4.78, 5) is 5.91. The van der Waals surface area contributed by atoms with Crippen molar-refractivity contribution in [3.63, 3.8) is 0 Å². The van der Waals surface area contributed by atoms with Gasteiger partial charge in [-0.3, -0.25) is 10.3 Å². The number of hydrogen-bond donors (Lipinski definition) is 1. The standard InChI is InChI=1S/C14H17NO/c1-10-8-14(16-15-10)12-7-5-4-6-11(12)9-13(14,2)3/h4-8,15H,9H2,1-3H3/t14-/m1/s1. The molecule has 0 aromatic heterocycles. The van der Waals surface area contributed by atoms with E-state index in [4.69, 9.17) is 4.84 Å². The fourth-order valence-corrected chi connectivity index (χ4v) is 3.00. The number of benzene rings is 1. The molecule has 0 saturated carbocycles. The maximum absolute atomic E-state index is 5.91. The van der Waals surface area contributed by atoms with Crippen LogP contribution in [0, 0.1) is 5.41 Å². The Kier molecular flexibility index (Phi) is 1.79. The van der Waals surface area contributed by atoms with Gasteiger partial charge in [-0.05, 0) is 30.5 Å². The molecule has 2 nitrogen and oxygen atoms in total. The third kappa shape index (κ3) is 1.05. The molecule has 0 fully saturated rings. The predicted molar refractivity (Wildman–Crippen MR) is 63.6 cm³/mol. The van der Waals surface area contributed by atoms with Crippen LogP contribution >= 0.6 is 0 Å². The molecular weight excluding hydrogens is 198 g/mol. The van der Waals surface area contributed by atoms with Crippen LogP contribution in [-0.2, 0) is 16.9 Å². The lowest BCUT2D eigenvalue weighted by Crippen LogP contribution is -2.38. The Labute approximate surface area is 96.3 Å². The molecule has 16 heavy (non-hydrogen) atoms. The van der Waals surface area contributed by atoms with Crippen LogP contribution in [0.1, 0.15) is 31.9 Å². The van der Waals surface area contributed by atoms with Crippen LogP contribution in [0.5, 0.6) is 0 Å². The minimum atomic E-state index is -0.284. The molecule has 0 unspecified atom stereocenters. The molecule has 1 aromatic carbocycles. The average Bonchev–Trinajstić information content (AvgIpc) is 2.70. The zero-order chi connectivity index (χ0) is 11.4. The highest BCUT2D eigenvalue weighted by molar-refractivity contribution is 5.45. The van der Waals surface area contributed by atoms with Gasteiger partial charge in [0.1, 0.15) is 5.60 Å². The number of fused-ring (bicyclic) bond motifs is 2. The SMILES string of the molecule is CC1=C[C@@]2(ON1)c1ccccc1CC2(C)C. The van der Waals surface area contributed by atoms with E-state index in [2.05, 4.69) is 49.7 Å². The Balaban J connectivity index is 2.23. The molecule has 1 heterocycles. The predicted octanol–water partition coefficient (Wildman–Crippen LogP) is 2.90. The molecule has 1 N–H and O–H groups in total. The normalized spacial score (nSPS) is 30.1. The fraction of sp³-hybridized carbons (Fsp3) is 0.429. The van der Waals surface area contributed by atoms with Crippen LogP contribution in [0.15, 0.2) is 36.0 Å². The highest BCUT2D eigenvalue weighted by Crippen LogP contribution is 2.54.